The van der Waals surface area contributed by atoms with Crippen molar-refractivity contribution in [1.29, 1.82) is 0 Å². The van der Waals surface area contributed by atoms with Crippen molar-refractivity contribution in [2.75, 3.05) is 0 Å². The van der Waals surface area contributed by atoms with Gasteiger partial charge in [-0.05, 0) is 44.2 Å². The molecule has 1 aromatic carbocycles. The van der Waals surface area contributed by atoms with Gasteiger partial charge in [-0.1, -0.05) is 58.4 Å². The van der Waals surface area contributed by atoms with Crippen LogP contribution in [0, 0.1) is 6.92 Å². The second-order valence-electron chi connectivity index (χ2n) is 3.85. The molecular formula is C15H19BrRu. The largest absolute Gasteiger partial charge is 0.0882 e. The van der Waals surface area contributed by atoms with Crippen LogP contribution in [0.1, 0.15) is 31.2 Å². The first-order valence-corrected chi connectivity index (χ1v) is 6.61. The van der Waals surface area contributed by atoms with E-state index in [0.29, 0.717) is 0 Å². The zero-order chi connectivity index (χ0) is 11.6. The molecule has 0 unspecified atom stereocenters. The van der Waals surface area contributed by atoms with Crippen LogP contribution in [0.4, 0.5) is 0 Å². The minimum Gasteiger partial charge on any atom is -0.0882 e. The van der Waals surface area contributed by atoms with Crippen LogP contribution in [-0.4, -0.2) is 0 Å². The van der Waals surface area contributed by atoms with Crippen LogP contribution in [0.5, 0.6) is 0 Å². The van der Waals surface area contributed by atoms with E-state index < -0.39 is 0 Å². The molecule has 0 aliphatic heterocycles. The Morgan fingerprint density at radius 1 is 0.824 bits per heavy atom. The third-order valence-electron chi connectivity index (χ3n) is 2.41. The summed E-state index contributed by atoms with van der Waals surface area (Å²) in [6.45, 7) is 2.07. The van der Waals surface area contributed by atoms with E-state index in [-0.39, 0.29) is 19.5 Å². The second-order valence-corrected chi connectivity index (χ2v) is 4.70. The first kappa shape index (κ1) is 16.8. The first-order chi connectivity index (χ1) is 7.80. The van der Waals surface area contributed by atoms with Crippen molar-refractivity contribution in [3.05, 3.63) is 58.6 Å². The Bertz CT molecular complexity index is 309. The predicted molar refractivity (Wildman–Crippen MR) is 75.6 cm³/mol. The van der Waals surface area contributed by atoms with Crippen LogP contribution in [0.15, 0.2) is 53.0 Å². The normalized spacial score (nSPS) is 17.5. The molecule has 0 N–H and O–H groups in total. The second kappa shape index (κ2) is 10.9. The van der Waals surface area contributed by atoms with Gasteiger partial charge in [-0.25, -0.2) is 0 Å². The van der Waals surface area contributed by atoms with Crippen molar-refractivity contribution in [3.8, 4) is 0 Å². The fourth-order valence-corrected chi connectivity index (χ4v) is 1.69. The molecule has 0 nitrogen and oxygen atoms in total. The molecule has 0 spiro atoms. The van der Waals surface area contributed by atoms with Gasteiger partial charge < -0.3 is 0 Å². The van der Waals surface area contributed by atoms with Gasteiger partial charge in [0.25, 0.3) is 0 Å². The number of benzene rings is 1. The summed E-state index contributed by atoms with van der Waals surface area (Å²) < 4.78 is 1.18. The Morgan fingerprint density at radius 3 is 1.53 bits per heavy atom. The van der Waals surface area contributed by atoms with Crippen LogP contribution in [0.2, 0.25) is 0 Å². The van der Waals surface area contributed by atoms with Gasteiger partial charge >= 0.3 is 0 Å². The van der Waals surface area contributed by atoms with E-state index in [0.717, 1.165) is 0 Å². The van der Waals surface area contributed by atoms with Crippen molar-refractivity contribution in [1.82, 2.24) is 0 Å². The van der Waals surface area contributed by atoms with Gasteiger partial charge in [-0.15, -0.1) is 0 Å². The molecule has 1 aromatic rings. The first-order valence-electron chi connectivity index (χ1n) is 5.82. The van der Waals surface area contributed by atoms with Gasteiger partial charge in [0.05, 0.1) is 0 Å². The van der Waals surface area contributed by atoms with E-state index in [1.54, 1.807) is 0 Å². The predicted octanol–water partition coefficient (Wildman–Crippen LogP) is 5.43. The van der Waals surface area contributed by atoms with Crippen LogP contribution >= 0.6 is 15.9 Å². The van der Waals surface area contributed by atoms with E-state index in [1.165, 1.54) is 35.7 Å². The molecular weight excluding hydrogens is 361 g/mol. The summed E-state index contributed by atoms with van der Waals surface area (Å²) in [5, 5.41) is 0. The minimum atomic E-state index is 0. The van der Waals surface area contributed by atoms with Crippen molar-refractivity contribution in [2.24, 2.45) is 0 Å². The van der Waals surface area contributed by atoms with Crippen molar-refractivity contribution in [2.45, 2.75) is 32.6 Å². The van der Waals surface area contributed by atoms with Crippen LogP contribution in [0.25, 0.3) is 0 Å². The molecule has 94 valence electrons. The van der Waals surface area contributed by atoms with E-state index in [4.69, 9.17) is 0 Å². The van der Waals surface area contributed by atoms with Crippen LogP contribution < -0.4 is 0 Å². The van der Waals surface area contributed by atoms with Gasteiger partial charge in [-0.2, -0.15) is 0 Å². The van der Waals surface area contributed by atoms with Crippen LogP contribution in [0.3, 0.4) is 0 Å². The summed E-state index contributed by atoms with van der Waals surface area (Å²) in [5.74, 6) is 0. The maximum absolute atomic E-state index is 3.40. The molecule has 1 aliphatic carbocycles. The zero-order valence-corrected chi connectivity index (χ0v) is 13.5. The fourth-order valence-electron chi connectivity index (χ4n) is 1.41. The molecule has 2 rings (SSSR count). The summed E-state index contributed by atoms with van der Waals surface area (Å²) in [6, 6.07) is 8.15. The van der Waals surface area contributed by atoms with Gasteiger partial charge in [0.1, 0.15) is 0 Å². The smallest absolute Gasteiger partial charge is 0.0204 e. The van der Waals surface area contributed by atoms with Gasteiger partial charge in [0, 0.05) is 24.0 Å². The summed E-state index contributed by atoms with van der Waals surface area (Å²) in [7, 11) is 0. The summed E-state index contributed by atoms with van der Waals surface area (Å²) in [5.41, 5.74) is 1.28. The zero-order valence-electron chi connectivity index (χ0n) is 10.2. The van der Waals surface area contributed by atoms with E-state index in [2.05, 4.69) is 53.2 Å². The molecule has 0 radical (unpaired) electrons. The third-order valence-corrected chi connectivity index (χ3v) is 3.30. The van der Waals surface area contributed by atoms with Crippen molar-refractivity contribution in [3.63, 3.8) is 0 Å². The summed E-state index contributed by atoms with van der Waals surface area (Å²) >= 11 is 3.40. The van der Waals surface area contributed by atoms with Gasteiger partial charge in [0.2, 0.25) is 0 Å². The van der Waals surface area contributed by atoms with Gasteiger partial charge in [-0.3, -0.25) is 0 Å². The molecule has 17 heavy (non-hydrogen) atoms. The molecule has 0 fully saturated rings. The Kier molecular flexibility index (Phi) is 10.8. The molecule has 0 bridgehead atoms. The molecule has 0 amide bonds. The molecule has 0 atom stereocenters. The average Bonchev–Trinajstić information content (AvgIpc) is 2.22. The molecule has 0 saturated carbocycles. The number of allylic oxidation sites excluding steroid dienone is 4. The standard InChI is InChI=1S/C8H12.C7H7Br.Ru/c1-2-4-6-8-7-5-3-1;1-6-4-2-3-5-7(6)8;/h1-2,7-8H,3-6H2;2-5H,1H3;/b2-1-,8-7-;;. The third kappa shape index (κ3) is 8.52. The van der Waals surface area contributed by atoms with Crippen LogP contribution in [-0.2, 0) is 19.5 Å². The molecule has 2 heteroatoms. The number of halogens is 1. The Labute approximate surface area is 126 Å². The van der Waals surface area contributed by atoms with E-state index in [9.17, 15) is 0 Å². The summed E-state index contributed by atoms with van der Waals surface area (Å²) in [6.07, 6.45) is 14.0. The van der Waals surface area contributed by atoms with E-state index in [1.807, 2.05) is 18.2 Å². The number of hydrogen-bond donors (Lipinski definition) is 0. The minimum absolute atomic E-state index is 0. The number of hydrogen-bond acceptors (Lipinski definition) is 0. The summed E-state index contributed by atoms with van der Waals surface area (Å²) in [4.78, 5) is 0. The Hall–Kier alpha value is -0.197. The number of aryl methyl sites for hydroxylation is 1. The van der Waals surface area contributed by atoms with Crippen molar-refractivity contribution < 1.29 is 19.5 Å². The molecule has 0 heterocycles. The molecule has 0 aromatic heterocycles. The fraction of sp³-hybridized carbons (Fsp3) is 0.333. The van der Waals surface area contributed by atoms with Crippen molar-refractivity contribution >= 4 is 15.9 Å². The Morgan fingerprint density at radius 2 is 1.24 bits per heavy atom. The van der Waals surface area contributed by atoms with Gasteiger partial charge in [0.15, 0.2) is 0 Å². The monoisotopic (exact) mass is 380 g/mol. The topological polar surface area (TPSA) is 0 Å². The quantitative estimate of drug-likeness (QED) is 0.416. The Balaban J connectivity index is 0.000000284. The SMILES string of the molecule is C1=C\CC/C=C\CC/1.Cc1ccccc1Br.[Ru]. The molecule has 0 saturated heterocycles. The maximum atomic E-state index is 3.40. The molecule has 1 aliphatic rings. The maximum Gasteiger partial charge on any atom is 0.0204 e. The average molecular weight is 380 g/mol. The number of rotatable bonds is 0. The van der Waals surface area contributed by atoms with E-state index >= 15 is 0 Å².